The molecule has 236 valence electrons. The number of nitrogens with zero attached hydrogens (tertiary/aromatic N) is 3. The van der Waals surface area contributed by atoms with E-state index in [0.717, 1.165) is 37.9 Å². The van der Waals surface area contributed by atoms with E-state index in [1.54, 1.807) is 26.4 Å². The molecule has 0 spiro atoms. The van der Waals surface area contributed by atoms with E-state index in [-0.39, 0.29) is 29.8 Å². The molecule has 9 nitrogen and oxygen atoms in total. The summed E-state index contributed by atoms with van der Waals surface area (Å²) in [6.45, 7) is 11.5. The summed E-state index contributed by atoms with van der Waals surface area (Å²) in [4.78, 5) is 33.7. The number of carbonyl (C=O) groups is 2. The van der Waals surface area contributed by atoms with Crippen LogP contribution in [0.1, 0.15) is 56.0 Å². The summed E-state index contributed by atoms with van der Waals surface area (Å²) in [6.07, 6.45) is 2.86. The minimum Gasteiger partial charge on any atom is -0.493 e. The maximum Gasteiger partial charge on any atom is 0.320 e. The highest BCUT2D eigenvalue weighted by Gasteiger charge is 2.39. The summed E-state index contributed by atoms with van der Waals surface area (Å²) in [7, 11) is 3.27. The largest absolute Gasteiger partial charge is 0.493 e. The van der Waals surface area contributed by atoms with Crippen LogP contribution in [0.2, 0.25) is 0 Å². The minimum atomic E-state index is -0.0276. The summed E-state index contributed by atoms with van der Waals surface area (Å²) in [6, 6.07) is 16.0. The van der Waals surface area contributed by atoms with Crippen LogP contribution in [0.15, 0.2) is 48.5 Å². The van der Waals surface area contributed by atoms with Gasteiger partial charge in [-0.25, -0.2) is 4.79 Å². The number of nitrogens with one attached hydrogen (secondary N) is 1. The zero-order valence-corrected chi connectivity index (χ0v) is 26.6. The lowest BCUT2D eigenvalue weighted by atomic mass is 9.94. The fourth-order valence-electron chi connectivity index (χ4n) is 5.79. The van der Waals surface area contributed by atoms with Gasteiger partial charge in [-0.05, 0) is 69.2 Å². The first-order valence-corrected chi connectivity index (χ1v) is 15.8. The van der Waals surface area contributed by atoms with Gasteiger partial charge < -0.3 is 34.2 Å². The molecule has 2 aliphatic rings. The van der Waals surface area contributed by atoms with Crippen LogP contribution < -0.4 is 14.8 Å². The molecule has 9 heteroatoms. The van der Waals surface area contributed by atoms with Crippen molar-refractivity contribution < 1.29 is 23.8 Å². The minimum absolute atomic E-state index is 0.0181. The average Bonchev–Trinajstić information content (AvgIpc) is 3.77. The van der Waals surface area contributed by atoms with Crippen molar-refractivity contribution in [2.24, 2.45) is 11.8 Å². The predicted molar refractivity (Wildman–Crippen MR) is 169 cm³/mol. The predicted octanol–water partition coefficient (Wildman–Crippen LogP) is 4.90. The van der Waals surface area contributed by atoms with Crippen molar-refractivity contribution in [1.82, 2.24) is 20.0 Å². The standard InChI is InChI=1S/C34H50N4O5/c1-6-36(22-26-11-8-7-9-12-26)34(40)38(30-14-15-30)24-29-21-35-20-28(29)23-37(25(2)3)33(39)27-13-16-31(42-5)32(19-27)43-18-10-17-41-4/h7-9,11-13,16,19,25,28-30,35H,6,10,14-15,17-18,20-24H2,1-5H3/t28-,29-/m0/s1. The maximum atomic E-state index is 13.9. The van der Waals surface area contributed by atoms with Gasteiger partial charge in [-0.1, -0.05) is 30.3 Å². The quantitative estimate of drug-likeness (QED) is 0.278. The molecule has 2 aromatic carbocycles. The number of benzene rings is 2. The van der Waals surface area contributed by atoms with Gasteiger partial charge in [-0.2, -0.15) is 0 Å². The van der Waals surface area contributed by atoms with Crippen molar-refractivity contribution >= 4 is 11.9 Å². The highest BCUT2D eigenvalue weighted by atomic mass is 16.5. The molecule has 1 N–H and O–H groups in total. The Morgan fingerprint density at radius 3 is 2.30 bits per heavy atom. The number of hydrogen-bond acceptors (Lipinski definition) is 6. The summed E-state index contributed by atoms with van der Waals surface area (Å²) in [5.41, 5.74) is 1.72. The second-order valence-electron chi connectivity index (χ2n) is 12.0. The summed E-state index contributed by atoms with van der Waals surface area (Å²) in [5, 5.41) is 3.55. The highest BCUT2D eigenvalue weighted by molar-refractivity contribution is 5.95. The topological polar surface area (TPSA) is 83.6 Å². The Balaban J connectivity index is 1.44. The van der Waals surface area contributed by atoms with Crippen LogP contribution in [0.4, 0.5) is 4.79 Å². The molecule has 1 saturated heterocycles. The normalized spacial score (nSPS) is 18.0. The molecule has 2 atom stereocenters. The Labute approximate surface area is 257 Å². The van der Waals surface area contributed by atoms with E-state index in [9.17, 15) is 9.59 Å². The second kappa shape index (κ2) is 16.0. The summed E-state index contributed by atoms with van der Waals surface area (Å²) >= 11 is 0. The first-order chi connectivity index (χ1) is 20.9. The van der Waals surface area contributed by atoms with Gasteiger partial charge in [0, 0.05) is 77.1 Å². The molecule has 0 bridgehead atoms. The molecule has 1 aliphatic carbocycles. The number of methoxy groups -OCH3 is 2. The lowest BCUT2D eigenvalue weighted by Crippen LogP contribution is -2.48. The molecule has 1 saturated carbocycles. The smallest absolute Gasteiger partial charge is 0.320 e. The van der Waals surface area contributed by atoms with E-state index in [0.29, 0.717) is 62.5 Å². The number of rotatable bonds is 16. The Kier molecular flexibility index (Phi) is 12.1. The van der Waals surface area contributed by atoms with Gasteiger partial charge in [0.05, 0.1) is 13.7 Å². The lowest BCUT2D eigenvalue weighted by Gasteiger charge is -2.35. The fourth-order valence-corrected chi connectivity index (χ4v) is 5.79. The third-order valence-electron chi connectivity index (χ3n) is 8.49. The Morgan fingerprint density at radius 1 is 0.953 bits per heavy atom. The number of hydrogen-bond donors (Lipinski definition) is 1. The molecular formula is C34H50N4O5. The number of amides is 3. The molecule has 1 heterocycles. The third kappa shape index (κ3) is 8.86. The monoisotopic (exact) mass is 594 g/mol. The van der Waals surface area contributed by atoms with Crippen LogP contribution >= 0.6 is 0 Å². The van der Waals surface area contributed by atoms with Gasteiger partial charge >= 0.3 is 6.03 Å². The lowest BCUT2D eigenvalue weighted by molar-refractivity contribution is 0.0649. The van der Waals surface area contributed by atoms with Gasteiger partial charge in [-0.3, -0.25) is 4.79 Å². The number of urea groups is 1. The maximum absolute atomic E-state index is 13.9. The molecule has 2 fully saturated rings. The molecular weight excluding hydrogens is 544 g/mol. The Morgan fingerprint density at radius 2 is 1.67 bits per heavy atom. The Hall–Kier alpha value is -3.30. The van der Waals surface area contributed by atoms with Crippen LogP contribution in [0.25, 0.3) is 0 Å². The zero-order valence-electron chi connectivity index (χ0n) is 26.6. The first kappa shape index (κ1) is 32.6. The van der Waals surface area contributed by atoms with Crippen molar-refractivity contribution in [3.05, 3.63) is 59.7 Å². The van der Waals surface area contributed by atoms with E-state index >= 15 is 0 Å². The second-order valence-corrected chi connectivity index (χ2v) is 12.0. The van der Waals surface area contributed by atoms with Gasteiger partial charge in [0.2, 0.25) is 0 Å². The van der Waals surface area contributed by atoms with Crippen LogP contribution in [0, 0.1) is 11.8 Å². The van der Waals surface area contributed by atoms with Crippen LogP contribution in [0.3, 0.4) is 0 Å². The Bertz CT molecular complexity index is 1170. The van der Waals surface area contributed by atoms with E-state index in [1.165, 1.54) is 0 Å². The molecule has 0 unspecified atom stereocenters. The van der Waals surface area contributed by atoms with Gasteiger partial charge in [0.25, 0.3) is 5.91 Å². The van der Waals surface area contributed by atoms with Crippen molar-refractivity contribution in [2.75, 3.05) is 60.2 Å². The van der Waals surface area contributed by atoms with Crippen molar-refractivity contribution in [1.29, 1.82) is 0 Å². The van der Waals surface area contributed by atoms with Crippen molar-refractivity contribution in [2.45, 2.75) is 58.7 Å². The summed E-state index contributed by atoms with van der Waals surface area (Å²) < 4.78 is 16.5. The average molecular weight is 595 g/mol. The van der Waals surface area contributed by atoms with Crippen LogP contribution in [0.5, 0.6) is 11.5 Å². The SMILES string of the molecule is CCN(Cc1ccccc1)C(=O)N(C[C@@H]1CNC[C@H]1CN(C(=O)c1ccc(OC)c(OCCCOC)c1)C(C)C)C1CC1. The van der Waals surface area contributed by atoms with E-state index in [4.69, 9.17) is 14.2 Å². The van der Waals surface area contributed by atoms with Crippen LogP contribution in [-0.4, -0.2) is 98.9 Å². The molecule has 4 rings (SSSR count). The third-order valence-corrected chi connectivity index (χ3v) is 8.49. The van der Waals surface area contributed by atoms with Crippen LogP contribution in [-0.2, 0) is 11.3 Å². The fraction of sp³-hybridized carbons (Fsp3) is 0.588. The van der Waals surface area contributed by atoms with Crippen molar-refractivity contribution in [3.63, 3.8) is 0 Å². The van der Waals surface area contributed by atoms with Gasteiger partial charge in [-0.15, -0.1) is 0 Å². The first-order valence-electron chi connectivity index (χ1n) is 15.8. The molecule has 2 aromatic rings. The van der Waals surface area contributed by atoms with Gasteiger partial charge in [0.1, 0.15) is 0 Å². The van der Waals surface area contributed by atoms with E-state index in [1.807, 2.05) is 41.0 Å². The summed E-state index contributed by atoms with van der Waals surface area (Å²) in [5.74, 6) is 1.64. The van der Waals surface area contributed by atoms with E-state index in [2.05, 4.69) is 36.2 Å². The molecule has 0 radical (unpaired) electrons. The number of carbonyl (C=O) groups excluding carboxylic acids is 2. The van der Waals surface area contributed by atoms with Gasteiger partial charge in [0.15, 0.2) is 11.5 Å². The molecule has 0 aromatic heterocycles. The van der Waals surface area contributed by atoms with Crippen molar-refractivity contribution in [3.8, 4) is 11.5 Å². The zero-order chi connectivity index (χ0) is 30.8. The number of ether oxygens (including phenoxy) is 3. The van der Waals surface area contributed by atoms with E-state index < -0.39 is 0 Å². The molecule has 1 aliphatic heterocycles. The highest BCUT2D eigenvalue weighted by Crippen LogP contribution is 2.32. The molecule has 43 heavy (non-hydrogen) atoms. The molecule has 3 amide bonds.